The summed E-state index contributed by atoms with van der Waals surface area (Å²) in [5.41, 5.74) is 13.9. The number of aliphatic hydroxyl groups excluding tert-OH is 1. The number of nitrogens with zero attached hydrogens (tertiary/aromatic N) is 17. The highest BCUT2D eigenvalue weighted by Gasteiger charge is 2.30. The molecule has 0 saturated carbocycles. The van der Waals surface area contributed by atoms with Crippen LogP contribution in [0, 0.1) is 5.92 Å². The topological polar surface area (TPSA) is 311 Å². The van der Waals surface area contributed by atoms with Crippen molar-refractivity contribution >= 4 is 114 Å². The number of amides is 4. The lowest BCUT2D eigenvalue weighted by Gasteiger charge is -2.15. The Morgan fingerprint density at radius 3 is 0.892 bits per heavy atom. The lowest BCUT2D eigenvalue weighted by atomic mass is 10.1. The van der Waals surface area contributed by atoms with Crippen molar-refractivity contribution < 1.29 is 29.0 Å². The number of carbonyl (C=O) groups excluding carboxylic acids is 4. The number of carbonyl (C=O) groups is 4. The zero-order chi connectivity index (χ0) is 83.6. The van der Waals surface area contributed by atoms with Gasteiger partial charge in [-0.2, -0.15) is 20.4 Å². The van der Waals surface area contributed by atoms with Crippen molar-refractivity contribution in [3.63, 3.8) is 0 Å². The van der Waals surface area contributed by atoms with E-state index < -0.39 is 6.10 Å². The number of ether oxygens (including phenoxy) is 1. The normalized spacial score (nSPS) is 12.4. The van der Waals surface area contributed by atoms with E-state index in [0.717, 1.165) is 50.9 Å². The number of halogens is 4. The van der Waals surface area contributed by atoms with E-state index in [9.17, 15) is 24.3 Å². The largest absolute Gasteiger partial charge is 0.391 e. The van der Waals surface area contributed by atoms with Gasteiger partial charge in [0.1, 0.15) is 71.7 Å². The number of hydrogen-bond acceptors (Lipinski definition) is 18. The van der Waals surface area contributed by atoms with E-state index >= 15 is 0 Å². The molecule has 1 unspecified atom stereocenters. The number of aromatic nitrogens is 16. The van der Waals surface area contributed by atoms with Gasteiger partial charge in [-0.1, -0.05) is 310 Å². The van der Waals surface area contributed by atoms with Crippen molar-refractivity contribution in [1.82, 2.24) is 101 Å². The van der Waals surface area contributed by atoms with Crippen LogP contribution in [0.5, 0.6) is 0 Å². The molecule has 1 atom stereocenters. The van der Waals surface area contributed by atoms with Gasteiger partial charge < -0.3 is 30.7 Å². The highest BCUT2D eigenvalue weighted by molar-refractivity contribution is 6.40. The average Bonchev–Trinajstić information content (AvgIpc) is 1.62. The molecular formula is C90H82Cl4N20O6. The van der Waals surface area contributed by atoms with Crippen LogP contribution in [0.3, 0.4) is 0 Å². The number of β-amino-alcohol motifs (C(OH)–C–C–N with tert-alkyl or cyclic N) is 1. The van der Waals surface area contributed by atoms with Crippen LogP contribution in [-0.4, -0.2) is 166 Å². The van der Waals surface area contributed by atoms with Crippen LogP contribution in [0.2, 0.25) is 20.1 Å². The molecule has 16 aromatic rings. The van der Waals surface area contributed by atoms with Crippen molar-refractivity contribution in [2.75, 3.05) is 46.4 Å². The van der Waals surface area contributed by atoms with Crippen LogP contribution in [0.4, 0.5) is 0 Å². The van der Waals surface area contributed by atoms with E-state index in [1.54, 1.807) is 26.1 Å². The average molecular weight is 1680 g/mol. The Kier molecular flexibility index (Phi) is 27.4. The summed E-state index contributed by atoms with van der Waals surface area (Å²) in [6, 6.07) is 77.4. The molecule has 1 saturated heterocycles. The highest BCUT2D eigenvalue weighted by atomic mass is 35.5. The van der Waals surface area contributed by atoms with Crippen LogP contribution < -0.4 is 16.0 Å². The second-order valence-electron chi connectivity index (χ2n) is 28.4. The summed E-state index contributed by atoms with van der Waals surface area (Å²) in [7, 11) is 1.58. The minimum atomic E-state index is -0.471. The Morgan fingerprint density at radius 2 is 0.642 bits per heavy atom. The maximum absolute atomic E-state index is 12.8. The summed E-state index contributed by atoms with van der Waals surface area (Å²) < 4.78 is 11.2. The number of fused-ring (bicyclic) bond motifs is 4. The first-order valence-electron chi connectivity index (χ1n) is 38.9. The van der Waals surface area contributed by atoms with Crippen LogP contribution in [0.25, 0.3) is 134 Å². The van der Waals surface area contributed by atoms with Crippen molar-refractivity contribution in [2.24, 2.45) is 5.92 Å². The number of benzene rings is 8. The third kappa shape index (κ3) is 19.4. The van der Waals surface area contributed by atoms with E-state index in [-0.39, 0.29) is 49.8 Å². The number of methoxy groups -OCH3 is 1. The first-order chi connectivity index (χ1) is 58.5. The lowest BCUT2D eigenvalue weighted by molar-refractivity contribution is -0.131. The molecule has 0 radical (unpaired) electrons. The molecule has 606 valence electrons. The van der Waals surface area contributed by atoms with Crippen molar-refractivity contribution in [1.29, 1.82) is 0 Å². The van der Waals surface area contributed by atoms with Gasteiger partial charge in [-0.25, -0.2) is 18.7 Å². The number of nitrogens with one attached hydrogen (secondary N) is 3. The monoisotopic (exact) mass is 1680 g/mol. The summed E-state index contributed by atoms with van der Waals surface area (Å²) in [5.74, 6) is -0.198. The Hall–Kier alpha value is -13.1. The smallest absolute Gasteiger partial charge is 0.244 e. The molecular weight excluding hydrogens is 1600 g/mol. The number of aliphatic hydroxyl groups is 1. The zero-order valence-electron chi connectivity index (χ0n) is 65.8. The molecule has 8 aromatic heterocycles. The summed E-state index contributed by atoms with van der Waals surface area (Å²) in [6.07, 6.45) is 0.987. The summed E-state index contributed by atoms with van der Waals surface area (Å²) in [6.45, 7) is 9.18. The molecule has 0 aliphatic carbocycles. The van der Waals surface area contributed by atoms with Gasteiger partial charge in [0, 0.05) is 84.3 Å². The summed E-state index contributed by atoms with van der Waals surface area (Å²) in [5, 5.41) is 76.6. The van der Waals surface area contributed by atoms with Gasteiger partial charge in [0.05, 0.1) is 54.3 Å². The molecule has 120 heavy (non-hydrogen) atoms. The Labute approximate surface area is 710 Å². The van der Waals surface area contributed by atoms with Crippen LogP contribution in [0.1, 0.15) is 33.6 Å². The van der Waals surface area contributed by atoms with E-state index in [2.05, 4.69) is 66.9 Å². The van der Waals surface area contributed by atoms with E-state index in [0.29, 0.717) is 161 Å². The second kappa shape index (κ2) is 39.4. The minimum Gasteiger partial charge on any atom is -0.391 e. The van der Waals surface area contributed by atoms with Crippen molar-refractivity contribution in [3.05, 3.63) is 263 Å². The van der Waals surface area contributed by atoms with Crippen LogP contribution in [-0.2, 0) is 50.1 Å². The van der Waals surface area contributed by atoms with Gasteiger partial charge in [-0.05, 0) is 18.8 Å². The molecule has 8 aromatic carbocycles. The zero-order valence-corrected chi connectivity index (χ0v) is 68.9. The molecule has 30 heteroatoms. The third-order valence-electron chi connectivity index (χ3n) is 19.4. The molecule has 4 N–H and O–H groups in total. The first kappa shape index (κ1) is 83.4. The summed E-state index contributed by atoms with van der Waals surface area (Å²) >= 11 is 27.3. The number of rotatable bonds is 23. The minimum absolute atomic E-state index is 0.00272. The number of likely N-dealkylation sites (tertiary alicyclic amines) is 1. The predicted molar refractivity (Wildman–Crippen MR) is 468 cm³/mol. The highest BCUT2D eigenvalue weighted by Crippen LogP contribution is 2.42. The fourth-order valence-electron chi connectivity index (χ4n) is 13.5. The third-order valence-corrected chi connectivity index (χ3v) is 20.8. The fourth-order valence-corrected chi connectivity index (χ4v) is 14.8. The van der Waals surface area contributed by atoms with E-state index in [1.165, 1.54) is 4.68 Å². The Balaban J connectivity index is 0.000000131. The molecule has 4 amide bonds. The van der Waals surface area contributed by atoms with Gasteiger partial charge in [0.25, 0.3) is 0 Å². The van der Waals surface area contributed by atoms with Gasteiger partial charge in [-0.15, -0.1) is 40.8 Å². The predicted octanol–water partition coefficient (Wildman–Crippen LogP) is 15.9. The molecule has 0 spiro atoms. The lowest BCUT2D eigenvalue weighted by Crippen LogP contribution is -2.32. The quantitative estimate of drug-likeness (QED) is 0.0432. The first-order valence-corrected chi connectivity index (χ1v) is 40.4. The van der Waals surface area contributed by atoms with Crippen molar-refractivity contribution in [3.8, 4) is 90.1 Å². The van der Waals surface area contributed by atoms with Crippen molar-refractivity contribution in [2.45, 2.75) is 65.9 Å². The van der Waals surface area contributed by atoms with Gasteiger partial charge in [-0.3, -0.25) is 19.2 Å². The number of hydrogen-bond donors (Lipinski definition) is 4. The van der Waals surface area contributed by atoms with Gasteiger partial charge >= 0.3 is 0 Å². The van der Waals surface area contributed by atoms with Crippen LogP contribution >= 0.6 is 46.4 Å². The molecule has 17 rings (SSSR count). The molecule has 1 fully saturated rings. The molecule has 1 aliphatic rings. The molecule has 0 bridgehead atoms. The van der Waals surface area contributed by atoms with E-state index in [1.807, 2.05) is 263 Å². The van der Waals surface area contributed by atoms with Gasteiger partial charge in [0.15, 0.2) is 22.6 Å². The maximum Gasteiger partial charge on any atom is 0.244 e. The second-order valence-corrected chi connectivity index (χ2v) is 29.9. The van der Waals surface area contributed by atoms with Gasteiger partial charge in [0.2, 0.25) is 23.6 Å². The standard InChI is InChI=1S/C23H20ClN5O2.C23H22ClN5O.C22H20ClN5O2.C22H20ClN5O/c24-20-19-21(15-7-3-1-4-8-15)27-29(14-18(31)28-12-11-17(30)13-28)23(19)26-25-22(20)16-9-5-2-6-10-16;1-15(2)13-25-18(30)14-29-23-19(21(28-29)16-9-5-3-6-10-16)20(24)22(26-27-23)17-11-7-4-8-12-17;1-30-13-12-24-17(29)14-28-22-18(20(27-28)15-8-4-2-5-9-15)19(23)21(25-26-22)16-10-6-3-7-11-16;1-2-13-24-17(29)14-28-22-18(20(27-28)15-9-5-3-6-10-15)19(23)21(25-26-22)16-11-7-4-8-12-16/h1-10,17,30H,11-14H2;3-12,15H,13-14H2,1-2H3,(H,25,30);2-11H,12-14H2,1H3,(H,24,29);3-12H,2,13-14H2,1H3,(H,24,29). The molecule has 26 nitrogen and oxygen atoms in total. The molecule has 9 heterocycles. The molecule has 1 aliphatic heterocycles. The van der Waals surface area contributed by atoms with Crippen LogP contribution in [0.15, 0.2) is 243 Å². The maximum atomic E-state index is 12.8. The van der Waals surface area contributed by atoms with E-state index in [4.69, 9.17) is 61.3 Å². The fraction of sp³-hybridized carbons (Fsp3) is 0.200. The Bertz CT molecular complexity index is 6240. The summed E-state index contributed by atoms with van der Waals surface area (Å²) in [4.78, 5) is 51.5. The SMILES string of the molecule is CC(C)CNC(=O)Cn1nc(-c2ccccc2)c2c(Cl)c(-c3ccccc3)nnc21.CCCNC(=O)Cn1nc(-c2ccccc2)c2c(Cl)c(-c3ccccc3)nnc21.COCCNC(=O)Cn1nc(-c2ccccc2)c2c(Cl)c(-c3ccccc3)nnc21.O=C(Cn1nc(-c2ccccc2)c2c(Cl)c(-c3ccccc3)nnc21)N1CCC(O)C1. The Morgan fingerprint density at radius 1 is 0.383 bits per heavy atom.